The van der Waals surface area contributed by atoms with Gasteiger partial charge in [-0.2, -0.15) is 0 Å². The molecule has 2 aromatic carbocycles. The summed E-state index contributed by atoms with van der Waals surface area (Å²) in [5, 5.41) is 0. The van der Waals surface area contributed by atoms with Gasteiger partial charge in [-0.1, -0.05) is 18.2 Å². The maximum Gasteiger partial charge on any atom is 0.168 e. The van der Waals surface area contributed by atoms with Gasteiger partial charge in [-0.25, -0.2) is 8.78 Å². The first kappa shape index (κ1) is 13.8. The zero-order valence-corrected chi connectivity index (χ0v) is 11.7. The molecular formula is C18H15F2O. The van der Waals surface area contributed by atoms with Crippen molar-refractivity contribution in [1.82, 2.24) is 0 Å². The number of fused-ring (bicyclic) bond motifs is 1. The highest BCUT2D eigenvalue weighted by molar-refractivity contribution is 5.67. The SMILES string of the molecule is COc1ccc2c(c1F)CCCC(c1ccc(F)cc1)=[C]2. The first-order valence-corrected chi connectivity index (χ1v) is 6.93. The fourth-order valence-corrected chi connectivity index (χ4v) is 2.65. The molecule has 0 amide bonds. The molecule has 21 heavy (non-hydrogen) atoms. The third kappa shape index (κ3) is 2.68. The Labute approximate surface area is 122 Å². The van der Waals surface area contributed by atoms with E-state index in [1.54, 1.807) is 18.2 Å². The van der Waals surface area contributed by atoms with Crippen LogP contribution in [0.25, 0.3) is 5.57 Å². The summed E-state index contributed by atoms with van der Waals surface area (Å²) in [6.45, 7) is 0. The van der Waals surface area contributed by atoms with Crippen LogP contribution in [0, 0.1) is 17.7 Å². The third-order valence-electron chi connectivity index (χ3n) is 3.76. The second-order valence-corrected chi connectivity index (χ2v) is 5.07. The van der Waals surface area contributed by atoms with Gasteiger partial charge in [-0.15, -0.1) is 0 Å². The Balaban J connectivity index is 2.05. The predicted octanol–water partition coefficient (Wildman–Crippen LogP) is 4.54. The molecule has 107 valence electrons. The van der Waals surface area contributed by atoms with Gasteiger partial charge in [0.1, 0.15) is 5.82 Å². The minimum absolute atomic E-state index is 0.260. The molecule has 1 aliphatic rings. The van der Waals surface area contributed by atoms with Crippen molar-refractivity contribution in [2.24, 2.45) is 0 Å². The molecule has 1 aliphatic carbocycles. The zero-order chi connectivity index (χ0) is 14.8. The van der Waals surface area contributed by atoms with Crippen molar-refractivity contribution < 1.29 is 13.5 Å². The zero-order valence-electron chi connectivity index (χ0n) is 11.7. The van der Waals surface area contributed by atoms with Crippen molar-refractivity contribution in [2.45, 2.75) is 19.3 Å². The molecule has 0 N–H and O–H groups in total. The second-order valence-electron chi connectivity index (χ2n) is 5.07. The van der Waals surface area contributed by atoms with Crippen molar-refractivity contribution in [1.29, 1.82) is 0 Å². The Morgan fingerprint density at radius 3 is 2.48 bits per heavy atom. The number of benzene rings is 2. The van der Waals surface area contributed by atoms with E-state index in [1.807, 2.05) is 6.07 Å². The van der Waals surface area contributed by atoms with E-state index in [1.165, 1.54) is 19.2 Å². The van der Waals surface area contributed by atoms with Crippen LogP contribution in [0.3, 0.4) is 0 Å². The summed E-state index contributed by atoms with van der Waals surface area (Å²) >= 11 is 0. The molecule has 2 aromatic rings. The molecule has 0 fully saturated rings. The molecule has 1 nitrogen and oxygen atoms in total. The van der Waals surface area contributed by atoms with Crippen LogP contribution in [0.1, 0.15) is 29.5 Å². The lowest BCUT2D eigenvalue weighted by Gasteiger charge is -2.08. The first-order chi connectivity index (χ1) is 10.2. The molecule has 0 unspecified atom stereocenters. The van der Waals surface area contributed by atoms with Crippen LogP contribution in [0.5, 0.6) is 5.75 Å². The van der Waals surface area contributed by atoms with Gasteiger partial charge in [-0.3, -0.25) is 0 Å². The standard InChI is InChI=1S/C18H15F2O/c1-21-17-10-7-14-11-13(3-2-4-16(14)18(17)20)12-5-8-15(19)9-6-12/h5-10H,2-4H2,1H3. The van der Waals surface area contributed by atoms with Crippen molar-refractivity contribution in [3.05, 3.63) is 70.8 Å². The van der Waals surface area contributed by atoms with Crippen molar-refractivity contribution >= 4 is 5.57 Å². The van der Waals surface area contributed by atoms with Gasteiger partial charge < -0.3 is 4.74 Å². The minimum Gasteiger partial charge on any atom is -0.494 e. The molecule has 0 aliphatic heterocycles. The van der Waals surface area contributed by atoms with Crippen LogP contribution in [-0.4, -0.2) is 7.11 Å². The Morgan fingerprint density at radius 2 is 1.76 bits per heavy atom. The van der Waals surface area contributed by atoms with Gasteiger partial charge in [-0.05, 0) is 65.8 Å². The Morgan fingerprint density at radius 1 is 1.00 bits per heavy atom. The number of hydrogen-bond acceptors (Lipinski definition) is 1. The molecule has 0 atom stereocenters. The summed E-state index contributed by atoms with van der Waals surface area (Å²) in [5.74, 6) is -0.298. The van der Waals surface area contributed by atoms with E-state index >= 15 is 0 Å². The maximum atomic E-state index is 14.3. The summed E-state index contributed by atoms with van der Waals surface area (Å²) in [5.41, 5.74) is 3.32. The van der Waals surface area contributed by atoms with Gasteiger partial charge in [0.15, 0.2) is 11.6 Å². The fourth-order valence-electron chi connectivity index (χ4n) is 2.65. The number of methoxy groups -OCH3 is 1. The lowest BCUT2D eigenvalue weighted by Crippen LogP contribution is -1.97. The monoisotopic (exact) mass is 285 g/mol. The number of rotatable bonds is 2. The van der Waals surface area contributed by atoms with E-state index in [0.717, 1.165) is 29.5 Å². The van der Waals surface area contributed by atoms with Crippen LogP contribution in [0.15, 0.2) is 36.4 Å². The fraction of sp³-hybridized carbons (Fsp3) is 0.222. The van der Waals surface area contributed by atoms with E-state index in [2.05, 4.69) is 6.08 Å². The molecule has 3 rings (SSSR count). The lowest BCUT2D eigenvalue weighted by atomic mass is 10.0. The normalized spacial score (nSPS) is 14.1. The van der Waals surface area contributed by atoms with Gasteiger partial charge in [0.05, 0.1) is 7.11 Å². The molecule has 0 heterocycles. The van der Waals surface area contributed by atoms with E-state index in [0.29, 0.717) is 12.0 Å². The average Bonchev–Trinajstić information content (AvgIpc) is 2.71. The number of halogens is 2. The van der Waals surface area contributed by atoms with Crippen molar-refractivity contribution in [3.63, 3.8) is 0 Å². The second kappa shape index (κ2) is 5.68. The number of ether oxygens (including phenoxy) is 1. The largest absolute Gasteiger partial charge is 0.494 e. The van der Waals surface area contributed by atoms with Gasteiger partial charge in [0.25, 0.3) is 0 Å². The van der Waals surface area contributed by atoms with Crippen LogP contribution in [-0.2, 0) is 6.42 Å². The van der Waals surface area contributed by atoms with Crippen LogP contribution in [0.4, 0.5) is 8.78 Å². The van der Waals surface area contributed by atoms with Crippen molar-refractivity contribution in [3.8, 4) is 5.75 Å². The third-order valence-corrected chi connectivity index (χ3v) is 3.76. The number of allylic oxidation sites excluding steroid dienone is 1. The summed E-state index contributed by atoms with van der Waals surface area (Å²) in [7, 11) is 1.46. The van der Waals surface area contributed by atoms with E-state index < -0.39 is 0 Å². The number of hydrogen-bond donors (Lipinski definition) is 0. The quantitative estimate of drug-likeness (QED) is 0.787. The molecule has 0 saturated carbocycles. The Bertz CT molecular complexity index is 687. The highest BCUT2D eigenvalue weighted by Crippen LogP contribution is 2.32. The van der Waals surface area contributed by atoms with Crippen LogP contribution < -0.4 is 4.74 Å². The maximum absolute atomic E-state index is 14.3. The van der Waals surface area contributed by atoms with Crippen LogP contribution in [0.2, 0.25) is 0 Å². The van der Waals surface area contributed by atoms with E-state index in [9.17, 15) is 8.78 Å². The summed E-state index contributed by atoms with van der Waals surface area (Å²) in [6, 6.07) is 9.79. The van der Waals surface area contributed by atoms with E-state index in [4.69, 9.17) is 4.74 Å². The summed E-state index contributed by atoms with van der Waals surface area (Å²) in [4.78, 5) is 0. The van der Waals surface area contributed by atoms with Crippen molar-refractivity contribution in [2.75, 3.05) is 7.11 Å². The molecule has 1 radical (unpaired) electrons. The predicted molar refractivity (Wildman–Crippen MR) is 78.0 cm³/mol. The molecular weight excluding hydrogens is 270 g/mol. The minimum atomic E-state index is -0.303. The summed E-state index contributed by atoms with van der Waals surface area (Å²) in [6.07, 6.45) is 5.56. The van der Waals surface area contributed by atoms with Gasteiger partial charge in [0.2, 0.25) is 0 Å². The first-order valence-electron chi connectivity index (χ1n) is 6.93. The lowest BCUT2D eigenvalue weighted by molar-refractivity contribution is 0.384. The van der Waals surface area contributed by atoms with Gasteiger partial charge in [0, 0.05) is 0 Å². The topological polar surface area (TPSA) is 9.23 Å². The highest BCUT2D eigenvalue weighted by Gasteiger charge is 2.17. The molecule has 0 bridgehead atoms. The molecule has 0 spiro atoms. The Hall–Kier alpha value is -2.16. The Kier molecular flexibility index (Phi) is 3.74. The smallest absolute Gasteiger partial charge is 0.168 e. The van der Waals surface area contributed by atoms with E-state index in [-0.39, 0.29) is 17.4 Å². The van der Waals surface area contributed by atoms with Crippen LogP contribution >= 0.6 is 0 Å². The molecule has 0 aromatic heterocycles. The molecule has 0 saturated heterocycles. The molecule has 3 heteroatoms. The summed E-state index contributed by atoms with van der Waals surface area (Å²) < 4.78 is 32.3. The van der Waals surface area contributed by atoms with Gasteiger partial charge >= 0.3 is 0 Å². The average molecular weight is 285 g/mol. The highest BCUT2D eigenvalue weighted by atomic mass is 19.1.